The fourth-order valence-electron chi connectivity index (χ4n) is 2.82. The van der Waals surface area contributed by atoms with E-state index >= 15 is 0 Å². The smallest absolute Gasteiger partial charge is 0.338 e. The molecule has 0 aliphatic heterocycles. The summed E-state index contributed by atoms with van der Waals surface area (Å²) in [5, 5.41) is 3.52. The number of carbonyl (C=O) groups excluding carboxylic acids is 2. The van der Waals surface area contributed by atoms with Crippen molar-refractivity contribution in [2.75, 3.05) is 11.5 Å². The van der Waals surface area contributed by atoms with Crippen LogP contribution in [0.1, 0.15) is 33.2 Å². The lowest BCUT2D eigenvalue weighted by Gasteiger charge is -2.26. The molecule has 0 aliphatic rings. The number of halogens is 2. The van der Waals surface area contributed by atoms with Gasteiger partial charge in [-0.3, -0.25) is 15.1 Å². The normalized spacial score (nSPS) is 10.3. The minimum atomic E-state index is -0.423. The topological polar surface area (TPSA) is 71.5 Å². The molecule has 164 valence electrons. The molecule has 0 saturated heterocycles. The van der Waals surface area contributed by atoms with Gasteiger partial charge in [-0.2, -0.15) is 0 Å². The molecule has 0 radical (unpaired) electrons. The van der Waals surface area contributed by atoms with Crippen molar-refractivity contribution in [3.63, 3.8) is 0 Å². The number of anilines is 1. The maximum Gasteiger partial charge on any atom is 0.338 e. The number of thiocarbonyl (C=S) groups is 1. The SMILES string of the molecule is CCOC(=O)c1ccc(N(Cc2cccnc2)C(=S)NC(=O)c2ccc(Cl)c(Cl)c2)cc1. The average Bonchev–Trinajstić information content (AvgIpc) is 2.80. The second-order valence-electron chi connectivity index (χ2n) is 6.60. The number of nitrogens with zero attached hydrogens (tertiary/aromatic N) is 2. The molecule has 0 unspecified atom stereocenters. The zero-order valence-corrected chi connectivity index (χ0v) is 19.4. The second kappa shape index (κ2) is 11.0. The third-order valence-electron chi connectivity index (χ3n) is 4.40. The Balaban J connectivity index is 1.85. The molecule has 0 saturated carbocycles. The minimum absolute atomic E-state index is 0.175. The van der Waals surface area contributed by atoms with E-state index < -0.39 is 11.9 Å². The fourth-order valence-corrected chi connectivity index (χ4v) is 3.38. The average molecular weight is 488 g/mol. The van der Waals surface area contributed by atoms with Gasteiger partial charge in [0, 0.05) is 23.6 Å². The van der Waals surface area contributed by atoms with E-state index in [4.69, 9.17) is 40.2 Å². The number of hydrogen-bond acceptors (Lipinski definition) is 5. The van der Waals surface area contributed by atoms with E-state index in [-0.39, 0.29) is 10.1 Å². The fraction of sp³-hybridized carbons (Fsp3) is 0.130. The van der Waals surface area contributed by atoms with E-state index in [9.17, 15) is 9.59 Å². The van der Waals surface area contributed by atoms with Gasteiger partial charge in [-0.1, -0.05) is 29.3 Å². The Morgan fingerprint density at radius 2 is 1.78 bits per heavy atom. The van der Waals surface area contributed by atoms with Crippen LogP contribution >= 0.6 is 35.4 Å². The number of nitrogens with one attached hydrogen (secondary N) is 1. The van der Waals surface area contributed by atoms with Gasteiger partial charge < -0.3 is 9.64 Å². The highest BCUT2D eigenvalue weighted by Crippen LogP contribution is 2.23. The summed E-state index contributed by atoms with van der Waals surface area (Å²) in [6, 6.07) is 15.1. The molecule has 0 atom stereocenters. The number of aromatic nitrogens is 1. The lowest BCUT2D eigenvalue weighted by atomic mass is 10.2. The van der Waals surface area contributed by atoms with E-state index in [1.54, 1.807) is 60.6 Å². The Morgan fingerprint density at radius 1 is 1.06 bits per heavy atom. The van der Waals surface area contributed by atoms with Crippen LogP contribution in [0.2, 0.25) is 10.0 Å². The van der Waals surface area contributed by atoms with Crippen LogP contribution in [0.5, 0.6) is 0 Å². The molecule has 9 heteroatoms. The molecule has 1 heterocycles. The van der Waals surface area contributed by atoms with Crippen LogP contribution in [0.25, 0.3) is 0 Å². The predicted molar refractivity (Wildman–Crippen MR) is 129 cm³/mol. The number of benzene rings is 2. The Bertz CT molecular complexity index is 1130. The first-order valence-electron chi connectivity index (χ1n) is 9.63. The van der Waals surface area contributed by atoms with Crippen LogP contribution in [0.3, 0.4) is 0 Å². The number of rotatable bonds is 6. The molecule has 1 amide bonds. The summed E-state index contributed by atoms with van der Waals surface area (Å²) in [7, 11) is 0. The minimum Gasteiger partial charge on any atom is -0.462 e. The molecule has 3 rings (SSSR count). The van der Waals surface area contributed by atoms with Crippen molar-refractivity contribution in [3.8, 4) is 0 Å². The second-order valence-corrected chi connectivity index (χ2v) is 7.80. The van der Waals surface area contributed by atoms with E-state index in [1.165, 1.54) is 6.07 Å². The number of pyridine rings is 1. The third kappa shape index (κ3) is 6.03. The van der Waals surface area contributed by atoms with Crippen molar-refractivity contribution in [2.24, 2.45) is 0 Å². The number of esters is 1. The zero-order valence-electron chi connectivity index (χ0n) is 17.0. The van der Waals surface area contributed by atoms with E-state index in [1.807, 2.05) is 12.1 Å². The van der Waals surface area contributed by atoms with Crippen molar-refractivity contribution < 1.29 is 14.3 Å². The molecular formula is C23H19Cl2N3O3S. The van der Waals surface area contributed by atoms with E-state index in [2.05, 4.69) is 10.3 Å². The van der Waals surface area contributed by atoms with E-state index in [0.717, 1.165) is 5.56 Å². The first kappa shape index (κ1) is 23.7. The molecule has 0 aliphatic carbocycles. The molecule has 1 aromatic heterocycles. The highest BCUT2D eigenvalue weighted by Gasteiger charge is 2.18. The molecule has 6 nitrogen and oxygen atoms in total. The Labute approximate surface area is 201 Å². The van der Waals surface area contributed by atoms with Crippen LogP contribution in [0.4, 0.5) is 5.69 Å². The third-order valence-corrected chi connectivity index (χ3v) is 5.46. The summed E-state index contributed by atoms with van der Waals surface area (Å²) < 4.78 is 5.03. The van der Waals surface area contributed by atoms with Crippen molar-refractivity contribution in [1.82, 2.24) is 10.3 Å². The summed E-state index contributed by atoms with van der Waals surface area (Å²) >= 11 is 17.5. The molecular weight excluding hydrogens is 469 g/mol. The predicted octanol–water partition coefficient (Wildman–Crippen LogP) is 5.29. The summed E-state index contributed by atoms with van der Waals surface area (Å²) in [6.45, 7) is 2.39. The van der Waals surface area contributed by atoms with Crippen molar-refractivity contribution in [1.29, 1.82) is 0 Å². The molecule has 2 aromatic carbocycles. The van der Waals surface area contributed by atoms with Gasteiger partial charge in [0.15, 0.2) is 5.11 Å². The molecule has 32 heavy (non-hydrogen) atoms. The van der Waals surface area contributed by atoms with Gasteiger partial charge in [0.25, 0.3) is 5.91 Å². The zero-order chi connectivity index (χ0) is 23.1. The van der Waals surface area contributed by atoms with Crippen LogP contribution in [-0.2, 0) is 11.3 Å². The van der Waals surface area contributed by atoms with Gasteiger partial charge in [0.2, 0.25) is 0 Å². The summed E-state index contributed by atoms with van der Waals surface area (Å²) in [5.74, 6) is -0.832. The van der Waals surface area contributed by atoms with Crippen LogP contribution in [-0.4, -0.2) is 28.6 Å². The number of amides is 1. The van der Waals surface area contributed by atoms with Crippen molar-refractivity contribution in [3.05, 3.63) is 93.7 Å². The maximum absolute atomic E-state index is 12.7. The van der Waals surface area contributed by atoms with Crippen LogP contribution < -0.4 is 10.2 Å². The van der Waals surface area contributed by atoms with Crippen LogP contribution in [0.15, 0.2) is 67.0 Å². The monoisotopic (exact) mass is 487 g/mol. The first-order chi connectivity index (χ1) is 15.4. The molecule has 0 bridgehead atoms. The Kier molecular flexibility index (Phi) is 8.16. The van der Waals surface area contributed by atoms with Gasteiger partial charge in [0.05, 0.1) is 28.8 Å². The number of ether oxygens (including phenoxy) is 1. The van der Waals surface area contributed by atoms with Gasteiger partial charge in [0.1, 0.15) is 0 Å². The molecule has 3 aromatic rings. The van der Waals surface area contributed by atoms with Gasteiger partial charge >= 0.3 is 5.97 Å². The lowest BCUT2D eigenvalue weighted by Crippen LogP contribution is -2.42. The molecule has 1 N–H and O–H groups in total. The van der Waals surface area contributed by atoms with E-state index in [0.29, 0.717) is 35.0 Å². The summed E-state index contributed by atoms with van der Waals surface area (Å²) in [4.78, 5) is 30.5. The van der Waals surface area contributed by atoms with Crippen molar-refractivity contribution >= 4 is 58.1 Å². The number of carbonyl (C=O) groups is 2. The molecule has 0 spiro atoms. The van der Waals surface area contributed by atoms with Gasteiger partial charge in [-0.15, -0.1) is 0 Å². The Morgan fingerprint density at radius 3 is 2.41 bits per heavy atom. The highest BCUT2D eigenvalue weighted by molar-refractivity contribution is 7.80. The largest absolute Gasteiger partial charge is 0.462 e. The quantitative estimate of drug-likeness (QED) is 0.376. The highest BCUT2D eigenvalue weighted by atomic mass is 35.5. The first-order valence-corrected chi connectivity index (χ1v) is 10.8. The van der Waals surface area contributed by atoms with Gasteiger partial charge in [-0.05, 0) is 73.2 Å². The summed E-state index contributed by atoms with van der Waals surface area (Å²) in [6.07, 6.45) is 3.38. The lowest BCUT2D eigenvalue weighted by molar-refractivity contribution is 0.0526. The Hall–Kier alpha value is -3.00. The number of hydrogen-bond donors (Lipinski definition) is 1. The van der Waals surface area contributed by atoms with Crippen molar-refractivity contribution in [2.45, 2.75) is 13.5 Å². The standard InChI is InChI=1S/C23H19Cl2N3O3S/c1-2-31-22(30)16-5-8-18(9-6-16)28(14-15-4-3-11-26-13-15)23(32)27-21(29)17-7-10-19(24)20(25)12-17/h3-13H,2,14H2,1H3,(H,27,29,32). The van der Waals surface area contributed by atoms with Gasteiger partial charge in [-0.25, -0.2) is 4.79 Å². The summed E-state index contributed by atoms with van der Waals surface area (Å²) in [5.41, 5.74) is 2.30. The maximum atomic E-state index is 12.7. The molecule has 0 fully saturated rings. The van der Waals surface area contributed by atoms with Crippen LogP contribution in [0, 0.1) is 0 Å².